The average Bonchev–Trinajstić information content (AvgIpc) is 1.51. The van der Waals surface area contributed by atoms with Crippen LogP contribution in [0.3, 0.4) is 0 Å². The highest BCUT2D eigenvalue weighted by Crippen LogP contribution is 2.67. The van der Waals surface area contributed by atoms with Gasteiger partial charge in [0.2, 0.25) is 5.75 Å². The van der Waals surface area contributed by atoms with E-state index < -0.39 is 46.9 Å². The van der Waals surface area contributed by atoms with Crippen molar-refractivity contribution in [1.29, 1.82) is 0 Å². The maximum atomic E-state index is 16.0. The lowest BCUT2D eigenvalue weighted by Gasteiger charge is -2.50. The van der Waals surface area contributed by atoms with Gasteiger partial charge in [-0.25, -0.2) is 0 Å². The summed E-state index contributed by atoms with van der Waals surface area (Å²) in [5.74, 6) is 7.97. The van der Waals surface area contributed by atoms with Gasteiger partial charge in [-0.2, -0.15) is 0 Å². The maximum Gasteiger partial charge on any atom is 0.302 e. The number of methoxy groups -OCH3 is 1. The summed E-state index contributed by atoms with van der Waals surface area (Å²) in [5, 5.41) is 63.4. The molecule has 3 fully saturated rings. The van der Waals surface area contributed by atoms with Crippen LogP contribution in [0.25, 0.3) is 10.8 Å². The number of anilines is 1. The fraction of sp³-hybridized carbons (Fsp3) is 0.458. The Morgan fingerprint density at radius 3 is 2.52 bits per heavy atom. The second-order valence-electron chi connectivity index (χ2n) is 30.0. The van der Waals surface area contributed by atoms with Crippen LogP contribution in [0.2, 0.25) is 0 Å². The number of rotatable bonds is 13. The average molecular weight is 1320 g/mol. The number of allylic oxidation sites excluding steroid dienone is 8. The van der Waals surface area contributed by atoms with Gasteiger partial charge in [-0.05, 0) is 189 Å². The first kappa shape index (κ1) is 65.2. The molecule has 11 atom stereocenters. The molecule has 6 bridgehead atoms. The number of hydrogen-bond donors (Lipinski definition) is 7. The van der Waals surface area contributed by atoms with Gasteiger partial charge in [-0.3, -0.25) is 14.4 Å². The van der Waals surface area contributed by atoms with E-state index in [0.29, 0.717) is 50.3 Å². The fourth-order valence-electron chi connectivity index (χ4n) is 20.0. The Morgan fingerprint density at radius 2 is 1.70 bits per heavy atom. The number of dihydropyridines is 1. The minimum absolute atomic E-state index is 0.0199. The number of carbonyl (C=O) groups is 3. The van der Waals surface area contributed by atoms with Gasteiger partial charge in [0.25, 0.3) is 0 Å². The molecule has 15 nitrogen and oxygen atoms in total. The Balaban J connectivity index is 0.959. The number of aromatic amines is 1. The van der Waals surface area contributed by atoms with E-state index in [-0.39, 0.29) is 95.1 Å². The van der Waals surface area contributed by atoms with Crippen molar-refractivity contribution in [3.63, 3.8) is 0 Å². The first-order valence-electron chi connectivity index (χ1n) is 36.1. The maximum absolute atomic E-state index is 16.0. The minimum Gasteiger partial charge on any atom is -0.508 e. The lowest BCUT2D eigenvalue weighted by Crippen LogP contribution is -2.41. The summed E-state index contributed by atoms with van der Waals surface area (Å²) >= 11 is 0. The number of H-pyrrole nitrogens is 1. The molecule has 98 heavy (non-hydrogen) atoms. The van der Waals surface area contributed by atoms with E-state index in [0.717, 1.165) is 146 Å². The summed E-state index contributed by atoms with van der Waals surface area (Å²) in [5.41, 5.74) is 7.28. The normalized spacial score (nSPS) is 28.9. The summed E-state index contributed by atoms with van der Waals surface area (Å²) in [4.78, 5) is 50.2. The van der Waals surface area contributed by atoms with Crippen LogP contribution in [0.15, 0.2) is 151 Å². The van der Waals surface area contributed by atoms with Crippen LogP contribution in [0.5, 0.6) is 34.5 Å². The summed E-state index contributed by atoms with van der Waals surface area (Å²) in [6.07, 6.45) is 35.8. The Bertz CT molecular complexity index is 4320. The molecule has 15 rings (SSSR count). The molecule has 2 aliphatic heterocycles. The van der Waals surface area contributed by atoms with Gasteiger partial charge in [0.05, 0.1) is 30.9 Å². The van der Waals surface area contributed by atoms with Crippen LogP contribution < -0.4 is 19.7 Å². The van der Waals surface area contributed by atoms with E-state index in [9.17, 15) is 35.1 Å². The molecule has 2 aromatic heterocycles. The van der Waals surface area contributed by atoms with Crippen LogP contribution in [-0.2, 0) is 25.5 Å². The number of aliphatic hydroxyl groups is 2. The number of ether oxygens (including phenoxy) is 3. The number of Topliss-reactive ketones (excluding diaryl/α,β-unsaturated/α-hetero) is 2. The SMILES string of the molecule is COc1cc(C2CC(=O)CC(OC(C)=O)CCC34C5=CC=CC3CC=CC4c3c[nH]cc3C(C#CC5)C(c3cccc(O)c3)C3=CCNC(=C3)N(CCC(=O)C3CCCCC3)c3ccc4c5c(n2cc35)CC2(CCC3(CCC(CCCO)C3)C2)C4O)cc(O)c1Oc1cccc(O)c1. The molecule has 7 N–H and O–H groups in total. The number of hydrogen-bond acceptors (Lipinski definition) is 13. The number of esters is 1. The third-order valence-electron chi connectivity index (χ3n) is 24.4. The van der Waals surface area contributed by atoms with Crippen LogP contribution in [0.1, 0.15) is 199 Å². The molecule has 7 aliphatic carbocycles. The molecule has 3 saturated carbocycles. The largest absolute Gasteiger partial charge is 0.508 e. The van der Waals surface area contributed by atoms with E-state index in [1.165, 1.54) is 31.7 Å². The first-order valence-corrected chi connectivity index (χ1v) is 36.1. The number of nitrogens with zero attached hydrogens (tertiary/aromatic N) is 2. The van der Waals surface area contributed by atoms with Gasteiger partial charge in [-0.15, -0.1) is 0 Å². The van der Waals surface area contributed by atoms with Crippen molar-refractivity contribution in [3.05, 3.63) is 184 Å². The van der Waals surface area contributed by atoms with Crippen molar-refractivity contribution in [2.45, 2.75) is 178 Å². The molecule has 0 saturated heterocycles. The molecular weight excluding hydrogens is 1230 g/mol. The summed E-state index contributed by atoms with van der Waals surface area (Å²) in [6.45, 7) is 2.35. The summed E-state index contributed by atoms with van der Waals surface area (Å²) in [7, 11) is 1.50. The number of aliphatic hydroxyl groups excluding tert-OH is 2. The van der Waals surface area contributed by atoms with E-state index in [2.05, 4.69) is 111 Å². The predicted octanol–water partition coefficient (Wildman–Crippen LogP) is 15.7. The standard InChI is InChI=1S/C83H92N4O11/c1-51(89)97-63-28-32-83-57-16-7-17-58(83)19-9-24-69(83)67-48-84-47-66(67)64(23-8-18-57)77(54-15-6-20-59(90)38-54)55-29-35-85-76(41-55)86(36-30-73(93)53-13-4-3-5-14-53)70-26-25-65-78-68(70)49-87(72(78)46-82(80(65)95)34-33-81(50-82)31-27-52(45-81)12-11-37-88)71(44-61(92)43-63)56-39-74(94)79(75(40-56)96-2)98-62-22-10-21-60(91)42-62/h6-7,9-10,15-17,20-22,24-26,29,38-42,47-49,52-53,58,63-64,69,71,77,80,84-85,88,90-91,94-95H,3-5,11-14,18-19,27-28,30-37,43-46,50H2,1-2H3. The second kappa shape index (κ2) is 26.8. The Labute approximate surface area is 574 Å². The number of ketones is 2. The zero-order chi connectivity index (χ0) is 67.5. The van der Waals surface area contributed by atoms with Crippen LogP contribution in [0.4, 0.5) is 5.69 Å². The minimum atomic E-state index is -0.835. The lowest BCUT2D eigenvalue weighted by molar-refractivity contribution is -0.148. The fourth-order valence-corrected chi connectivity index (χ4v) is 20.0. The van der Waals surface area contributed by atoms with Gasteiger partial charge in [0, 0.05) is 122 Å². The van der Waals surface area contributed by atoms with Crippen molar-refractivity contribution in [1.82, 2.24) is 14.9 Å². The summed E-state index contributed by atoms with van der Waals surface area (Å²) < 4.78 is 21.0. The highest BCUT2D eigenvalue weighted by Gasteiger charge is 2.57. The van der Waals surface area contributed by atoms with Crippen LogP contribution in [-0.4, -0.2) is 85.5 Å². The van der Waals surface area contributed by atoms with Gasteiger partial charge in [0.1, 0.15) is 40.7 Å². The quantitative estimate of drug-likeness (QED) is 0.0326. The third kappa shape index (κ3) is 12.0. The van der Waals surface area contributed by atoms with Gasteiger partial charge < -0.3 is 59.5 Å². The van der Waals surface area contributed by atoms with E-state index >= 15 is 4.79 Å². The monoisotopic (exact) mass is 1320 g/mol. The van der Waals surface area contributed by atoms with Crippen LogP contribution in [0, 0.1) is 45.8 Å². The second-order valence-corrected chi connectivity index (χ2v) is 30.0. The van der Waals surface area contributed by atoms with Gasteiger partial charge >= 0.3 is 5.97 Å². The van der Waals surface area contributed by atoms with Gasteiger partial charge in [-0.1, -0.05) is 97.4 Å². The molecule has 6 aromatic rings. The van der Waals surface area contributed by atoms with Crippen molar-refractivity contribution < 1.29 is 54.1 Å². The number of aromatic nitrogens is 2. The lowest BCUT2D eigenvalue weighted by atomic mass is 9.53. The number of phenolic OH excluding ortho intramolecular Hbond substituents is 3. The molecule has 4 heterocycles. The molecule has 0 amide bonds. The Hall–Kier alpha value is -8.71. The Kier molecular flexibility index (Phi) is 17.9. The smallest absolute Gasteiger partial charge is 0.302 e. The molecule has 3 spiro atoms. The molecular formula is C83H92N4O11. The van der Waals surface area contributed by atoms with E-state index in [1.54, 1.807) is 24.3 Å². The van der Waals surface area contributed by atoms with Crippen molar-refractivity contribution >= 4 is 34.0 Å². The molecule has 0 radical (unpaired) electrons. The van der Waals surface area contributed by atoms with E-state index in [1.807, 2.05) is 18.2 Å². The zero-order valence-corrected chi connectivity index (χ0v) is 56.4. The molecule has 510 valence electrons. The third-order valence-corrected chi connectivity index (χ3v) is 24.4. The van der Waals surface area contributed by atoms with E-state index in [4.69, 9.17) is 14.2 Å². The molecule has 15 heteroatoms. The number of benzene rings is 4. The Morgan fingerprint density at radius 1 is 0.867 bits per heavy atom. The highest BCUT2D eigenvalue weighted by molar-refractivity contribution is 6.01. The van der Waals surface area contributed by atoms with Crippen molar-refractivity contribution in [3.8, 4) is 46.3 Å². The number of nitrogens with one attached hydrogen (secondary N) is 2. The van der Waals surface area contributed by atoms with Crippen molar-refractivity contribution in [2.75, 3.05) is 31.7 Å². The zero-order valence-electron chi connectivity index (χ0n) is 56.4. The topological polar surface area (TPSA) is 216 Å². The number of fused-ring (bicyclic) bond motifs is 3. The first-order chi connectivity index (χ1) is 47.6. The molecule has 4 aromatic carbocycles. The van der Waals surface area contributed by atoms with Gasteiger partial charge in [0.15, 0.2) is 11.5 Å². The van der Waals surface area contributed by atoms with Crippen molar-refractivity contribution in [2.24, 2.45) is 34.0 Å². The highest BCUT2D eigenvalue weighted by atomic mass is 16.5. The number of carbonyl (C=O) groups excluding carboxylic acids is 3. The van der Waals surface area contributed by atoms with Crippen LogP contribution >= 0.6 is 0 Å². The number of phenols is 3. The number of aromatic hydroxyl groups is 3. The predicted molar refractivity (Wildman–Crippen MR) is 377 cm³/mol. The molecule has 11 unspecified atom stereocenters. The molecule has 9 aliphatic rings. The summed E-state index contributed by atoms with van der Waals surface area (Å²) in [6, 6.07) is 20.7.